The Morgan fingerprint density at radius 3 is 2.46 bits per heavy atom. The second kappa shape index (κ2) is 6.73. The lowest BCUT2D eigenvalue weighted by Crippen LogP contribution is -1.98. The van der Waals surface area contributed by atoms with Crippen LogP contribution in [0, 0.1) is 11.3 Å². The largest absolute Gasteiger partial charge is 0.281 e. The first-order valence-electron chi connectivity index (χ1n) is 4.38. The maximum absolute atomic E-state index is 11.4. The van der Waals surface area contributed by atoms with Crippen molar-refractivity contribution in [1.29, 1.82) is 5.26 Å². The average Bonchev–Trinajstić information content (AvgIpc) is 2.05. The highest BCUT2D eigenvalue weighted by molar-refractivity contribution is 8.14. The number of nitrogens with zero attached hydrogens (tertiary/aromatic N) is 1. The van der Waals surface area contributed by atoms with Crippen molar-refractivity contribution in [2.45, 2.75) is 33.6 Å². The van der Waals surface area contributed by atoms with Gasteiger partial charge in [0.15, 0.2) is 0 Å². The second-order valence-corrected chi connectivity index (χ2v) is 4.04. The van der Waals surface area contributed by atoms with E-state index in [1.165, 1.54) is 11.8 Å². The van der Waals surface area contributed by atoms with Crippen LogP contribution in [0.5, 0.6) is 0 Å². The van der Waals surface area contributed by atoms with Crippen LogP contribution in [0.15, 0.2) is 11.1 Å². The molecule has 0 fully saturated rings. The predicted molar refractivity (Wildman–Crippen MR) is 56.4 cm³/mol. The molecule has 0 radical (unpaired) electrons. The number of carbonyl (C=O) groups excluding carboxylic acids is 1. The van der Waals surface area contributed by atoms with Crippen LogP contribution in [0.4, 0.5) is 0 Å². The third kappa shape index (κ3) is 4.74. The van der Waals surface area contributed by atoms with Crippen molar-refractivity contribution in [3.63, 3.8) is 0 Å². The average molecular weight is 197 g/mol. The number of allylic oxidation sites excluding steroid dienone is 1. The third-order valence-corrected chi connectivity index (χ3v) is 2.51. The summed E-state index contributed by atoms with van der Waals surface area (Å²) in [4.78, 5) is 11.4. The van der Waals surface area contributed by atoms with E-state index in [1.54, 1.807) is 13.8 Å². The van der Waals surface area contributed by atoms with Gasteiger partial charge < -0.3 is 0 Å². The van der Waals surface area contributed by atoms with Crippen LogP contribution < -0.4 is 0 Å². The molecule has 72 valence electrons. The molecule has 0 amide bonds. The molecule has 3 heteroatoms. The summed E-state index contributed by atoms with van der Waals surface area (Å²) < 4.78 is 0. The van der Waals surface area contributed by atoms with Gasteiger partial charge in [0, 0.05) is 5.75 Å². The van der Waals surface area contributed by atoms with Gasteiger partial charge in [0.2, 0.25) is 5.12 Å². The number of carbonyl (C=O) groups is 1. The zero-order chi connectivity index (χ0) is 10.3. The fourth-order valence-electron chi connectivity index (χ4n) is 0.743. The minimum atomic E-state index is -0.0871. The van der Waals surface area contributed by atoms with Crippen molar-refractivity contribution >= 4 is 16.9 Å². The number of hydrogen-bond acceptors (Lipinski definition) is 3. The number of thioether (sulfide) groups is 1. The van der Waals surface area contributed by atoms with Gasteiger partial charge in [0.05, 0.1) is 0 Å². The van der Waals surface area contributed by atoms with Crippen LogP contribution in [-0.2, 0) is 4.79 Å². The van der Waals surface area contributed by atoms with Crippen LogP contribution in [0.1, 0.15) is 33.6 Å². The van der Waals surface area contributed by atoms with E-state index in [0.717, 1.165) is 24.2 Å². The molecule has 0 heterocycles. The standard InChI is InChI=1S/C10H15NOS/c1-4-5-6-13-10(12)9(7-11)8(2)3/h4-6H2,1-3H3. The van der Waals surface area contributed by atoms with Gasteiger partial charge >= 0.3 is 0 Å². The molecule has 13 heavy (non-hydrogen) atoms. The van der Waals surface area contributed by atoms with Crippen molar-refractivity contribution in [2.75, 3.05) is 5.75 Å². The van der Waals surface area contributed by atoms with E-state index in [4.69, 9.17) is 5.26 Å². The highest BCUT2D eigenvalue weighted by atomic mass is 32.2. The quantitative estimate of drug-likeness (QED) is 0.395. The summed E-state index contributed by atoms with van der Waals surface area (Å²) in [7, 11) is 0. The van der Waals surface area contributed by atoms with Crippen LogP contribution in [0.2, 0.25) is 0 Å². The Morgan fingerprint density at radius 1 is 1.46 bits per heavy atom. The van der Waals surface area contributed by atoms with Crippen LogP contribution in [0.25, 0.3) is 0 Å². The van der Waals surface area contributed by atoms with Gasteiger partial charge in [0.25, 0.3) is 0 Å². The predicted octanol–water partition coefficient (Wildman–Crippen LogP) is 2.91. The van der Waals surface area contributed by atoms with Gasteiger partial charge in [0.1, 0.15) is 11.6 Å². The Hall–Kier alpha value is -0.750. The van der Waals surface area contributed by atoms with Crippen molar-refractivity contribution in [3.05, 3.63) is 11.1 Å². The molecular formula is C10H15NOS. The molecule has 0 spiro atoms. The van der Waals surface area contributed by atoms with Crippen molar-refractivity contribution < 1.29 is 4.79 Å². The van der Waals surface area contributed by atoms with Gasteiger partial charge in [-0.1, -0.05) is 30.7 Å². The smallest absolute Gasteiger partial charge is 0.229 e. The maximum atomic E-state index is 11.4. The van der Waals surface area contributed by atoms with Gasteiger partial charge in [-0.2, -0.15) is 5.26 Å². The first-order chi connectivity index (χ1) is 6.13. The zero-order valence-electron chi connectivity index (χ0n) is 8.39. The summed E-state index contributed by atoms with van der Waals surface area (Å²) in [6.07, 6.45) is 2.11. The third-order valence-electron chi connectivity index (χ3n) is 1.55. The molecule has 0 aliphatic rings. The summed E-state index contributed by atoms with van der Waals surface area (Å²) in [6.45, 7) is 5.66. The van der Waals surface area contributed by atoms with E-state index in [-0.39, 0.29) is 5.12 Å². The van der Waals surface area contributed by atoms with E-state index < -0.39 is 0 Å². The molecule has 0 unspecified atom stereocenters. The van der Waals surface area contributed by atoms with Crippen molar-refractivity contribution in [3.8, 4) is 6.07 Å². The molecular weight excluding hydrogens is 182 g/mol. The lowest BCUT2D eigenvalue weighted by Gasteiger charge is -1.99. The van der Waals surface area contributed by atoms with E-state index in [1.807, 2.05) is 6.07 Å². The lowest BCUT2D eigenvalue weighted by molar-refractivity contribution is -0.107. The highest BCUT2D eigenvalue weighted by Crippen LogP contribution is 2.14. The van der Waals surface area contributed by atoms with E-state index in [2.05, 4.69) is 6.92 Å². The summed E-state index contributed by atoms with van der Waals surface area (Å²) in [6, 6.07) is 1.94. The molecule has 0 aliphatic heterocycles. The van der Waals surface area contributed by atoms with E-state index in [9.17, 15) is 4.79 Å². The molecule has 0 aliphatic carbocycles. The Morgan fingerprint density at radius 2 is 2.08 bits per heavy atom. The summed E-state index contributed by atoms with van der Waals surface area (Å²) in [5, 5.41) is 8.59. The first kappa shape index (κ1) is 12.2. The van der Waals surface area contributed by atoms with Crippen LogP contribution in [-0.4, -0.2) is 10.9 Å². The van der Waals surface area contributed by atoms with Gasteiger partial charge in [-0.25, -0.2) is 0 Å². The summed E-state index contributed by atoms with van der Waals surface area (Å²) in [5.74, 6) is 0.813. The van der Waals surface area contributed by atoms with Crippen LogP contribution >= 0.6 is 11.8 Å². The lowest BCUT2D eigenvalue weighted by atomic mass is 10.2. The van der Waals surface area contributed by atoms with Gasteiger partial charge in [-0.15, -0.1) is 0 Å². The fourth-order valence-corrected chi connectivity index (χ4v) is 1.76. The SMILES string of the molecule is CCCCSC(=O)C(C#N)=C(C)C. The number of hydrogen-bond donors (Lipinski definition) is 0. The summed E-state index contributed by atoms with van der Waals surface area (Å²) >= 11 is 1.24. The van der Waals surface area contributed by atoms with Crippen LogP contribution in [0.3, 0.4) is 0 Å². The minimum absolute atomic E-state index is 0.0871. The molecule has 0 aromatic heterocycles. The molecule has 0 saturated heterocycles. The first-order valence-corrected chi connectivity index (χ1v) is 5.36. The molecule has 0 N–H and O–H groups in total. The second-order valence-electron chi connectivity index (χ2n) is 2.98. The van der Waals surface area contributed by atoms with Gasteiger partial charge in [-0.05, 0) is 20.3 Å². The Labute approximate surface area is 84.0 Å². The molecule has 0 aromatic rings. The highest BCUT2D eigenvalue weighted by Gasteiger charge is 2.10. The summed E-state index contributed by atoms with van der Waals surface area (Å²) in [5.41, 5.74) is 1.11. The number of rotatable bonds is 4. The monoisotopic (exact) mass is 197 g/mol. The normalized spacial score (nSPS) is 9.08. The number of unbranched alkanes of at least 4 members (excludes halogenated alkanes) is 1. The maximum Gasteiger partial charge on any atom is 0.229 e. The number of nitriles is 1. The van der Waals surface area contributed by atoms with Gasteiger partial charge in [-0.3, -0.25) is 4.79 Å². The Bertz CT molecular complexity index is 246. The minimum Gasteiger partial charge on any atom is -0.281 e. The zero-order valence-corrected chi connectivity index (χ0v) is 9.20. The topological polar surface area (TPSA) is 40.9 Å². The fraction of sp³-hybridized carbons (Fsp3) is 0.600. The van der Waals surface area contributed by atoms with E-state index >= 15 is 0 Å². The Kier molecular flexibility index (Phi) is 6.34. The molecule has 2 nitrogen and oxygen atoms in total. The van der Waals surface area contributed by atoms with Crippen molar-refractivity contribution in [1.82, 2.24) is 0 Å². The Balaban J connectivity index is 4.12. The van der Waals surface area contributed by atoms with Crippen molar-refractivity contribution in [2.24, 2.45) is 0 Å². The molecule has 0 aromatic carbocycles. The molecule has 0 rings (SSSR count). The molecule has 0 atom stereocenters. The molecule has 0 saturated carbocycles. The molecule has 0 bridgehead atoms. The van der Waals surface area contributed by atoms with E-state index in [0.29, 0.717) is 5.57 Å².